The van der Waals surface area contributed by atoms with Crippen LogP contribution in [-0.4, -0.2) is 16.0 Å². The number of aromatic nitrogens is 2. The van der Waals surface area contributed by atoms with E-state index >= 15 is 0 Å². The van der Waals surface area contributed by atoms with Crippen LogP contribution in [0, 0.1) is 15.4 Å². The molecule has 5 heteroatoms. The molecule has 4 nitrogen and oxygen atoms in total. The van der Waals surface area contributed by atoms with Crippen molar-refractivity contribution in [2.45, 2.75) is 31.7 Å². The summed E-state index contributed by atoms with van der Waals surface area (Å²) in [6.45, 7) is 0. The predicted molar refractivity (Wildman–Crippen MR) is 70.4 cm³/mol. The van der Waals surface area contributed by atoms with Gasteiger partial charge in [-0.15, -0.1) is 0 Å². The third kappa shape index (κ3) is 1.74. The number of rotatable bonds is 2. The van der Waals surface area contributed by atoms with Gasteiger partial charge in [0.25, 0.3) is 5.56 Å². The minimum atomic E-state index is -0.0544. The van der Waals surface area contributed by atoms with E-state index in [9.17, 15) is 4.79 Å². The van der Waals surface area contributed by atoms with Crippen LogP contribution in [-0.2, 0) is 0 Å². The molecular weight excluding hydrogens is 317 g/mol. The number of hydrogen-bond donors (Lipinski definition) is 2. The Kier molecular flexibility index (Phi) is 2.65. The minimum absolute atomic E-state index is 0.0544. The van der Waals surface area contributed by atoms with Crippen molar-refractivity contribution in [1.29, 1.82) is 0 Å². The van der Waals surface area contributed by atoms with Gasteiger partial charge in [-0.2, -0.15) is 0 Å². The summed E-state index contributed by atoms with van der Waals surface area (Å²) >= 11 is 2.05. The van der Waals surface area contributed by atoms with E-state index in [4.69, 9.17) is 0 Å². The fourth-order valence-corrected chi connectivity index (χ4v) is 3.53. The van der Waals surface area contributed by atoms with Gasteiger partial charge in [-0.1, -0.05) is 6.42 Å². The normalized spacial score (nSPS) is 31.9. The molecule has 2 fully saturated rings. The van der Waals surface area contributed by atoms with Crippen LogP contribution < -0.4 is 10.9 Å². The first-order chi connectivity index (χ1) is 7.74. The molecule has 0 aromatic carbocycles. The first-order valence-electron chi connectivity index (χ1n) is 5.74. The van der Waals surface area contributed by atoms with E-state index in [2.05, 4.69) is 37.9 Å². The van der Waals surface area contributed by atoms with Gasteiger partial charge in [0, 0.05) is 6.04 Å². The van der Waals surface area contributed by atoms with Crippen molar-refractivity contribution in [1.82, 2.24) is 9.97 Å². The lowest BCUT2D eigenvalue weighted by Crippen LogP contribution is -2.28. The standard InChI is InChI=1S/C11H14IN3O/c12-9-10(13-5-14-11(9)16)15-8-4-6-1-2-7(8)3-6/h5-8H,1-4H2,(H2,13,14,15,16). The number of anilines is 1. The smallest absolute Gasteiger partial charge is 0.266 e. The topological polar surface area (TPSA) is 57.8 Å². The molecule has 3 atom stereocenters. The largest absolute Gasteiger partial charge is 0.366 e. The minimum Gasteiger partial charge on any atom is -0.366 e. The Balaban J connectivity index is 1.80. The van der Waals surface area contributed by atoms with Crippen LogP contribution in [0.2, 0.25) is 0 Å². The zero-order chi connectivity index (χ0) is 11.1. The van der Waals surface area contributed by atoms with Crippen LogP contribution >= 0.6 is 22.6 Å². The number of nitrogens with zero attached hydrogens (tertiary/aromatic N) is 1. The third-order valence-corrected chi connectivity index (χ3v) is 4.86. The van der Waals surface area contributed by atoms with E-state index in [-0.39, 0.29) is 5.56 Å². The summed E-state index contributed by atoms with van der Waals surface area (Å²) in [4.78, 5) is 18.2. The van der Waals surface area contributed by atoms with Crippen molar-refractivity contribution in [3.8, 4) is 0 Å². The molecular formula is C11H14IN3O. The fraction of sp³-hybridized carbons (Fsp3) is 0.636. The molecule has 3 unspecified atom stereocenters. The average Bonchev–Trinajstić information content (AvgIpc) is 2.86. The maximum Gasteiger partial charge on any atom is 0.266 e. The molecule has 0 aliphatic heterocycles. The first-order valence-corrected chi connectivity index (χ1v) is 6.81. The van der Waals surface area contributed by atoms with Gasteiger partial charge in [-0.3, -0.25) is 4.79 Å². The Morgan fingerprint density at radius 1 is 1.44 bits per heavy atom. The summed E-state index contributed by atoms with van der Waals surface area (Å²) < 4.78 is 0.669. The number of hydrogen-bond acceptors (Lipinski definition) is 3. The highest BCUT2D eigenvalue weighted by Crippen LogP contribution is 2.45. The number of aromatic amines is 1. The van der Waals surface area contributed by atoms with Crippen LogP contribution in [0.15, 0.2) is 11.1 Å². The Hall–Kier alpha value is -0.590. The summed E-state index contributed by atoms with van der Waals surface area (Å²) in [5, 5.41) is 3.44. The van der Waals surface area contributed by atoms with E-state index in [0.29, 0.717) is 9.61 Å². The van der Waals surface area contributed by atoms with Crippen LogP contribution in [0.25, 0.3) is 0 Å². The van der Waals surface area contributed by atoms with Gasteiger partial charge in [0.05, 0.1) is 6.33 Å². The molecule has 2 aliphatic rings. The molecule has 2 bridgehead atoms. The summed E-state index contributed by atoms with van der Waals surface area (Å²) in [5.41, 5.74) is -0.0544. The van der Waals surface area contributed by atoms with E-state index in [0.717, 1.165) is 17.7 Å². The van der Waals surface area contributed by atoms with Crippen LogP contribution in [0.1, 0.15) is 25.7 Å². The Morgan fingerprint density at radius 3 is 3.00 bits per heavy atom. The zero-order valence-corrected chi connectivity index (χ0v) is 11.0. The van der Waals surface area contributed by atoms with E-state index in [1.54, 1.807) is 0 Å². The van der Waals surface area contributed by atoms with Gasteiger partial charge >= 0.3 is 0 Å². The molecule has 0 spiro atoms. The zero-order valence-electron chi connectivity index (χ0n) is 8.87. The molecule has 3 rings (SSSR count). The fourth-order valence-electron chi connectivity index (χ4n) is 3.08. The summed E-state index contributed by atoms with van der Waals surface area (Å²) in [7, 11) is 0. The average molecular weight is 331 g/mol. The lowest BCUT2D eigenvalue weighted by molar-refractivity contribution is 0.438. The number of nitrogens with one attached hydrogen (secondary N) is 2. The Labute approximate surface area is 107 Å². The van der Waals surface area contributed by atoms with E-state index in [1.807, 2.05) is 0 Å². The number of halogens is 1. The van der Waals surface area contributed by atoms with Crippen molar-refractivity contribution in [2.75, 3.05) is 5.32 Å². The number of H-pyrrole nitrogens is 1. The molecule has 2 N–H and O–H groups in total. The third-order valence-electron chi connectivity index (χ3n) is 3.86. The van der Waals surface area contributed by atoms with Crippen LogP contribution in [0.3, 0.4) is 0 Å². The maximum absolute atomic E-state index is 11.4. The second kappa shape index (κ2) is 4.01. The quantitative estimate of drug-likeness (QED) is 0.815. The van der Waals surface area contributed by atoms with Gasteiger partial charge in [-0.25, -0.2) is 4.98 Å². The second-order valence-electron chi connectivity index (χ2n) is 4.82. The predicted octanol–water partition coefficient (Wildman–Crippen LogP) is 1.98. The second-order valence-corrected chi connectivity index (χ2v) is 5.90. The highest BCUT2D eigenvalue weighted by Gasteiger charge is 2.39. The van der Waals surface area contributed by atoms with Crippen molar-refractivity contribution in [3.05, 3.63) is 20.3 Å². The van der Waals surface area contributed by atoms with Gasteiger partial charge in [0.1, 0.15) is 9.39 Å². The molecule has 2 saturated carbocycles. The lowest BCUT2D eigenvalue weighted by atomic mass is 9.95. The van der Waals surface area contributed by atoms with Crippen LogP contribution in [0.4, 0.5) is 5.82 Å². The summed E-state index contributed by atoms with van der Waals surface area (Å²) in [5.74, 6) is 2.45. The summed E-state index contributed by atoms with van der Waals surface area (Å²) in [6.07, 6.45) is 6.80. The SMILES string of the molecule is O=c1[nH]cnc(NC2CC3CCC2C3)c1I. The number of fused-ring (bicyclic) bond motifs is 2. The van der Waals surface area contributed by atoms with Crippen molar-refractivity contribution < 1.29 is 0 Å². The maximum atomic E-state index is 11.4. The molecule has 16 heavy (non-hydrogen) atoms. The molecule has 0 saturated heterocycles. The molecule has 1 aromatic rings. The van der Waals surface area contributed by atoms with Gasteiger partial charge in [-0.05, 0) is 53.7 Å². The highest BCUT2D eigenvalue weighted by atomic mass is 127. The van der Waals surface area contributed by atoms with Crippen LogP contribution in [0.5, 0.6) is 0 Å². The highest BCUT2D eigenvalue weighted by molar-refractivity contribution is 14.1. The molecule has 1 heterocycles. The molecule has 0 amide bonds. The van der Waals surface area contributed by atoms with Crippen molar-refractivity contribution in [2.24, 2.45) is 11.8 Å². The van der Waals surface area contributed by atoms with Gasteiger partial charge in [0.15, 0.2) is 0 Å². The van der Waals surface area contributed by atoms with Gasteiger partial charge in [0.2, 0.25) is 0 Å². The van der Waals surface area contributed by atoms with E-state index in [1.165, 1.54) is 32.0 Å². The monoisotopic (exact) mass is 331 g/mol. The van der Waals surface area contributed by atoms with Gasteiger partial charge < -0.3 is 10.3 Å². The Morgan fingerprint density at radius 2 is 2.31 bits per heavy atom. The van der Waals surface area contributed by atoms with E-state index < -0.39 is 0 Å². The summed E-state index contributed by atoms with van der Waals surface area (Å²) in [6, 6.07) is 0.529. The molecule has 86 valence electrons. The molecule has 1 aromatic heterocycles. The Bertz CT molecular complexity index is 459. The lowest BCUT2D eigenvalue weighted by Gasteiger charge is -2.23. The molecule has 0 radical (unpaired) electrons. The van der Waals surface area contributed by atoms with Crippen molar-refractivity contribution >= 4 is 28.4 Å². The molecule has 2 aliphatic carbocycles. The van der Waals surface area contributed by atoms with Crippen molar-refractivity contribution in [3.63, 3.8) is 0 Å². The first kappa shape index (κ1) is 10.6.